The molecule has 9 heteroatoms. The second-order valence-corrected chi connectivity index (χ2v) is 10.0. The summed E-state index contributed by atoms with van der Waals surface area (Å²) in [7, 11) is -3.89. The van der Waals surface area contributed by atoms with Gasteiger partial charge in [0.25, 0.3) is 5.69 Å². The number of nitrogens with zero attached hydrogens (tertiary/aromatic N) is 3. The van der Waals surface area contributed by atoms with Crippen LogP contribution in [0.4, 0.5) is 11.4 Å². The van der Waals surface area contributed by atoms with E-state index in [-0.39, 0.29) is 34.8 Å². The van der Waals surface area contributed by atoms with Crippen molar-refractivity contribution >= 4 is 27.6 Å². The van der Waals surface area contributed by atoms with Gasteiger partial charge in [0, 0.05) is 25.2 Å². The second-order valence-electron chi connectivity index (χ2n) is 8.14. The Morgan fingerprint density at radius 3 is 2.59 bits per heavy atom. The van der Waals surface area contributed by atoms with Gasteiger partial charge in [-0.3, -0.25) is 15.5 Å². The van der Waals surface area contributed by atoms with E-state index in [0.717, 1.165) is 30.4 Å². The molecule has 29 heavy (non-hydrogen) atoms. The molecule has 3 aliphatic rings. The number of anilines is 1. The predicted octanol–water partition coefficient (Wildman–Crippen LogP) is 4.02. The molecule has 1 fully saturated rings. The fourth-order valence-corrected chi connectivity index (χ4v) is 5.97. The smallest absolute Gasteiger partial charge is 0.270 e. The van der Waals surface area contributed by atoms with Crippen LogP contribution in [0.5, 0.6) is 0 Å². The molecule has 2 atom stereocenters. The monoisotopic (exact) mass is 420 g/mol. The summed E-state index contributed by atoms with van der Waals surface area (Å²) in [4.78, 5) is 10.4. The molecule has 1 N–H and O–H groups in total. The molecular weight excluding hydrogens is 392 g/mol. The molecular formula is C20H28N4O4S. The Kier molecular flexibility index (Phi) is 5.82. The molecule has 4 rings (SSSR count). The predicted molar refractivity (Wildman–Crippen MR) is 113 cm³/mol. The van der Waals surface area contributed by atoms with Crippen LogP contribution < -0.4 is 5.43 Å². The molecule has 0 radical (unpaired) electrons. The van der Waals surface area contributed by atoms with Crippen LogP contribution in [0.3, 0.4) is 0 Å². The van der Waals surface area contributed by atoms with E-state index in [2.05, 4.69) is 30.5 Å². The van der Waals surface area contributed by atoms with E-state index in [1.54, 1.807) is 20.1 Å². The number of fused-ring (bicyclic) bond motifs is 1. The Morgan fingerprint density at radius 1 is 1.34 bits per heavy atom. The average Bonchev–Trinajstić information content (AvgIpc) is 2.68. The van der Waals surface area contributed by atoms with Gasteiger partial charge in [0.1, 0.15) is 4.90 Å². The van der Waals surface area contributed by atoms with Gasteiger partial charge in [0.05, 0.1) is 16.8 Å². The topological polar surface area (TPSA) is 105 Å². The number of hydrogen-bond acceptors (Lipinski definition) is 6. The van der Waals surface area contributed by atoms with Gasteiger partial charge >= 0.3 is 0 Å². The standard InChI is InChI=1S/C20H28N4O4S/c1-5-23(6-2)29(27,28)19-12-16(24(25)26)9-10-18(19)22-21-13-14-7-8-15-11-17(14)20(15,3)4/h7,9-10,12-13,15,17,22H,5-6,8,11H2,1-4H3/b21-13+. The first kappa shape index (κ1) is 21.4. The van der Waals surface area contributed by atoms with E-state index >= 15 is 0 Å². The summed E-state index contributed by atoms with van der Waals surface area (Å²) in [6, 6.07) is 3.76. The summed E-state index contributed by atoms with van der Waals surface area (Å²) in [6.45, 7) is 8.54. The lowest BCUT2D eigenvalue weighted by atomic mass is 9.49. The molecule has 2 unspecified atom stereocenters. The maximum atomic E-state index is 13.0. The Morgan fingerprint density at radius 2 is 2.03 bits per heavy atom. The maximum Gasteiger partial charge on any atom is 0.270 e. The van der Waals surface area contributed by atoms with Gasteiger partial charge < -0.3 is 0 Å². The van der Waals surface area contributed by atoms with Crippen molar-refractivity contribution in [1.82, 2.24) is 4.31 Å². The van der Waals surface area contributed by atoms with E-state index in [1.165, 1.54) is 16.4 Å². The summed E-state index contributed by atoms with van der Waals surface area (Å²) in [6.07, 6.45) is 6.13. The number of hydrazone groups is 1. The Hall–Kier alpha value is -2.26. The molecule has 8 nitrogen and oxygen atoms in total. The van der Waals surface area contributed by atoms with Crippen LogP contribution in [0.2, 0.25) is 0 Å². The first-order valence-electron chi connectivity index (χ1n) is 9.90. The van der Waals surface area contributed by atoms with Crippen LogP contribution >= 0.6 is 0 Å². The zero-order valence-electron chi connectivity index (χ0n) is 17.3. The summed E-state index contributed by atoms with van der Waals surface area (Å²) >= 11 is 0. The molecule has 2 bridgehead atoms. The average molecular weight is 421 g/mol. The SMILES string of the molecule is CCN(CC)S(=O)(=O)c1cc([N+](=O)[O-])ccc1N/N=C/C1=CCC2CC1C2(C)C. The van der Waals surface area contributed by atoms with Crippen LogP contribution in [0.25, 0.3) is 0 Å². The number of allylic oxidation sites excluding steroid dienone is 2. The molecule has 0 saturated heterocycles. The van der Waals surface area contributed by atoms with E-state index in [4.69, 9.17) is 0 Å². The minimum absolute atomic E-state index is 0.144. The van der Waals surface area contributed by atoms with Gasteiger partial charge in [0.2, 0.25) is 10.0 Å². The highest BCUT2D eigenvalue weighted by atomic mass is 32.2. The van der Waals surface area contributed by atoms with Crippen molar-refractivity contribution in [2.45, 2.75) is 45.4 Å². The van der Waals surface area contributed by atoms with Crippen molar-refractivity contribution in [3.05, 3.63) is 40.0 Å². The number of nitro benzene ring substituents is 1. The third-order valence-electron chi connectivity index (χ3n) is 6.41. The van der Waals surface area contributed by atoms with Crippen molar-refractivity contribution < 1.29 is 13.3 Å². The number of nitro groups is 1. The zero-order valence-corrected chi connectivity index (χ0v) is 18.1. The molecule has 158 valence electrons. The Balaban J connectivity index is 1.89. The van der Waals surface area contributed by atoms with Gasteiger partial charge in [-0.1, -0.05) is 33.8 Å². The second kappa shape index (κ2) is 7.87. The fraction of sp³-hybridized carbons (Fsp3) is 0.550. The molecule has 1 aromatic carbocycles. The summed E-state index contributed by atoms with van der Waals surface area (Å²) in [5, 5.41) is 15.4. The number of benzene rings is 1. The van der Waals surface area contributed by atoms with Crippen LogP contribution in [-0.4, -0.2) is 37.0 Å². The summed E-state index contributed by atoms with van der Waals surface area (Å²) < 4.78 is 27.3. The van der Waals surface area contributed by atoms with Crippen molar-refractivity contribution in [2.24, 2.45) is 22.4 Å². The molecule has 0 aromatic heterocycles. The van der Waals surface area contributed by atoms with Gasteiger partial charge in [0.15, 0.2) is 0 Å². The van der Waals surface area contributed by atoms with Crippen LogP contribution in [0.1, 0.15) is 40.5 Å². The van der Waals surface area contributed by atoms with Crippen molar-refractivity contribution in [1.29, 1.82) is 0 Å². The lowest BCUT2D eigenvalue weighted by Crippen LogP contribution is -2.48. The van der Waals surface area contributed by atoms with Crippen molar-refractivity contribution in [3.63, 3.8) is 0 Å². The molecule has 0 heterocycles. The van der Waals surface area contributed by atoms with E-state index in [0.29, 0.717) is 5.92 Å². The minimum Gasteiger partial charge on any atom is -0.277 e. The first-order chi connectivity index (χ1) is 13.6. The molecule has 0 aliphatic heterocycles. The van der Waals surface area contributed by atoms with Crippen molar-refractivity contribution in [3.8, 4) is 0 Å². The van der Waals surface area contributed by atoms with Gasteiger partial charge in [-0.15, -0.1) is 0 Å². The molecule has 3 aliphatic carbocycles. The Bertz CT molecular complexity index is 965. The Labute approximate surface area is 171 Å². The number of nitrogens with one attached hydrogen (secondary N) is 1. The van der Waals surface area contributed by atoms with Crippen LogP contribution in [0, 0.1) is 27.4 Å². The number of non-ortho nitro benzene ring substituents is 1. The summed E-state index contributed by atoms with van der Waals surface area (Å²) in [5.74, 6) is 1.18. The fourth-order valence-electron chi connectivity index (χ4n) is 4.35. The highest BCUT2D eigenvalue weighted by Gasteiger charge is 2.50. The lowest BCUT2D eigenvalue weighted by Gasteiger charge is -2.55. The normalized spacial score (nSPS) is 23.0. The van der Waals surface area contributed by atoms with Crippen LogP contribution in [-0.2, 0) is 10.0 Å². The van der Waals surface area contributed by atoms with Gasteiger partial charge in [-0.05, 0) is 41.7 Å². The molecule has 0 amide bonds. The number of sulfonamides is 1. The quantitative estimate of drug-likeness (QED) is 0.388. The summed E-state index contributed by atoms with van der Waals surface area (Å²) in [5.41, 5.74) is 4.17. The van der Waals surface area contributed by atoms with Gasteiger partial charge in [-0.25, -0.2) is 8.42 Å². The number of rotatable bonds is 8. The highest BCUT2D eigenvalue weighted by Crippen LogP contribution is 2.58. The third kappa shape index (κ3) is 3.81. The highest BCUT2D eigenvalue weighted by molar-refractivity contribution is 7.89. The lowest BCUT2D eigenvalue weighted by molar-refractivity contribution is -0.385. The number of hydrogen-bond donors (Lipinski definition) is 1. The van der Waals surface area contributed by atoms with Gasteiger partial charge in [-0.2, -0.15) is 9.41 Å². The minimum atomic E-state index is -3.89. The molecule has 1 aromatic rings. The first-order valence-corrected chi connectivity index (χ1v) is 11.3. The largest absolute Gasteiger partial charge is 0.277 e. The van der Waals surface area contributed by atoms with E-state index in [9.17, 15) is 18.5 Å². The van der Waals surface area contributed by atoms with E-state index in [1.807, 2.05) is 0 Å². The zero-order chi connectivity index (χ0) is 21.4. The van der Waals surface area contributed by atoms with Crippen molar-refractivity contribution in [2.75, 3.05) is 18.5 Å². The van der Waals surface area contributed by atoms with E-state index < -0.39 is 14.9 Å². The molecule has 0 spiro atoms. The van der Waals surface area contributed by atoms with Crippen LogP contribution in [0.15, 0.2) is 39.8 Å². The molecule has 1 saturated carbocycles. The maximum absolute atomic E-state index is 13.0. The third-order valence-corrected chi connectivity index (χ3v) is 8.50.